The van der Waals surface area contributed by atoms with Crippen LogP contribution < -0.4 is 0 Å². The lowest BCUT2D eigenvalue weighted by Crippen LogP contribution is -2.31. The molecule has 0 saturated carbocycles. The molecule has 1 aromatic heterocycles. The molecule has 1 heterocycles. The van der Waals surface area contributed by atoms with E-state index in [0.717, 1.165) is 13.1 Å². The molecule has 1 aromatic rings. The largest absolute Gasteiger partial charge is 0.481 e. The molecule has 0 aliphatic carbocycles. The number of thiazole rings is 1. The average molecular weight is 228 g/mol. The summed E-state index contributed by atoms with van der Waals surface area (Å²) in [7, 11) is 0. The fourth-order valence-electron chi connectivity index (χ4n) is 1.31. The van der Waals surface area contributed by atoms with Gasteiger partial charge in [-0.25, -0.2) is 0 Å². The highest BCUT2D eigenvalue weighted by molar-refractivity contribution is 7.09. The Morgan fingerprint density at radius 3 is 2.93 bits per heavy atom. The van der Waals surface area contributed by atoms with Crippen LogP contribution in [0.15, 0.2) is 11.7 Å². The summed E-state index contributed by atoms with van der Waals surface area (Å²) in [6, 6.07) is 0. The van der Waals surface area contributed by atoms with Crippen LogP contribution in [0.1, 0.15) is 18.7 Å². The number of aromatic nitrogens is 1. The molecule has 15 heavy (non-hydrogen) atoms. The van der Waals surface area contributed by atoms with E-state index in [0.29, 0.717) is 6.54 Å². The molecule has 1 rings (SSSR count). The summed E-state index contributed by atoms with van der Waals surface area (Å²) in [6.45, 7) is 6.01. The maximum atomic E-state index is 10.7. The molecule has 0 fully saturated rings. The minimum atomic E-state index is -0.738. The first-order valence-electron chi connectivity index (χ1n) is 4.96. The second kappa shape index (κ2) is 5.82. The lowest BCUT2D eigenvalue weighted by atomic mass is 10.1. The molecule has 1 unspecified atom stereocenters. The van der Waals surface area contributed by atoms with Crippen molar-refractivity contribution in [3.05, 3.63) is 16.6 Å². The molecule has 0 amide bonds. The summed E-state index contributed by atoms with van der Waals surface area (Å²) in [5, 5.41) is 8.82. The summed E-state index contributed by atoms with van der Waals surface area (Å²) in [6.07, 6.45) is 1.83. The van der Waals surface area contributed by atoms with Crippen LogP contribution in [0.4, 0.5) is 0 Å². The summed E-state index contributed by atoms with van der Waals surface area (Å²) in [5.41, 5.74) is 1.80. The van der Waals surface area contributed by atoms with Gasteiger partial charge in [0.1, 0.15) is 0 Å². The van der Waals surface area contributed by atoms with E-state index < -0.39 is 5.97 Å². The van der Waals surface area contributed by atoms with E-state index in [2.05, 4.69) is 9.88 Å². The quantitative estimate of drug-likeness (QED) is 0.805. The Kier molecular flexibility index (Phi) is 4.71. The number of hydrogen-bond donors (Lipinski definition) is 1. The van der Waals surface area contributed by atoms with Crippen LogP contribution in [0.2, 0.25) is 0 Å². The Morgan fingerprint density at radius 1 is 1.73 bits per heavy atom. The number of hydrogen-bond acceptors (Lipinski definition) is 4. The molecule has 0 spiro atoms. The van der Waals surface area contributed by atoms with E-state index in [4.69, 9.17) is 5.11 Å². The van der Waals surface area contributed by atoms with Gasteiger partial charge in [0.2, 0.25) is 0 Å². The Balaban J connectivity index is 2.46. The zero-order chi connectivity index (χ0) is 11.3. The first kappa shape index (κ1) is 12.1. The SMILES string of the molecule is CCN(Cc1cncs1)CC(C)C(=O)O. The van der Waals surface area contributed by atoms with E-state index in [1.54, 1.807) is 23.8 Å². The first-order chi connectivity index (χ1) is 7.13. The Labute approximate surface area is 93.6 Å². The molecule has 0 radical (unpaired) electrons. The van der Waals surface area contributed by atoms with Crippen LogP contribution in [-0.4, -0.2) is 34.0 Å². The number of carboxylic acids is 1. The monoisotopic (exact) mass is 228 g/mol. The molecule has 1 atom stereocenters. The maximum absolute atomic E-state index is 10.7. The zero-order valence-electron chi connectivity index (χ0n) is 9.01. The summed E-state index contributed by atoms with van der Waals surface area (Å²) in [4.78, 5) is 18.0. The third kappa shape index (κ3) is 3.97. The lowest BCUT2D eigenvalue weighted by Gasteiger charge is -2.21. The van der Waals surface area contributed by atoms with Gasteiger partial charge in [-0.05, 0) is 6.54 Å². The van der Waals surface area contributed by atoms with Crippen molar-refractivity contribution in [3.8, 4) is 0 Å². The van der Waals surface area contributed by atoms with Gasteiger partial charge in [-0.2, -0.15) is 0 Å². The van der Waals surface area contributed by atoms with Crippen LogP contribution in [0.5, 0.6) is 0 Å². The normalized spacial score (nSPS) is 13.0. The zero-order valence-corrected chi connectivity index (χ0v) is 9.83. The molecule has 1 N–H and O–H groups in total. The second-order valence-electron chi connectivity index (χ2n) is 3.53. The van der Waals surface area contributed by atoms with Crippen molar-refractivity contribution in [2.24, 2.45) is 5.92 Å². The summed E-state index contributed by atoms with van der Waals surface area (Å²) >= 11 is 1.60. The van der Waals surface area contributed by atoms with Crippen molar-refractivity contribution in [3.63, 3.8) is 0 Å². The summed E-state index contributed by atoms with van der Waals surface area (Å²) in [5.74, 6) is -1.06. The average Bonchev–Trinajstić information content (AvgIpc) is 2.69. The fraction of sp³-hybridized carbons (Fsp3) is 0.600. The van der Waals surface area contributed by atoms with E-state index in [9.17, 15) is 4.79 Å². The highest BCUT2D eigenvalue weighted by atomic mass is 32.1. The number of aliphatic carboxylic acids is 1. The third-order valence-corrected chi connectivity index (χ3v) is 3.03. The Morgan fingerprint density at radius 2 is 2.47 bits per heavy atom. The molecule has 0 aliphatic heterocycles. The number of carbonyl (C=O) groups is 1. The van der Waals surface area contributed by atoms with Gasteiger partial charge in [0.05, 0.1) is 11.4 Å². The van der Waals surface area contributed by atoms with E-state index in [1.165, 1.54) is 4.88 Å². The number of nitrogens with zero attached hydrogens (tertiary/aromatic N) is 2. The molecule has 0 saturated heterocycles. The van der Waals surface area contributed by atoms with Gasteiger partial charge in [-0.1, -0.05) is 13.8 Å². The molecule has 4 nitrogen and oxygen atoms in total. The third-order valence-electron chi connectivity index (χ3n) is 2.26. The van der Waals surface area contributed by atoms with Crippen molar-refractivity contribution in [2.45, 2.75) is 20.4 Å². The van der Waals surface area contributed by atoms with Gasteiger partial charge < -0.3 is 5.11 Å². The second-order valence-corrected chi connectivity index (χ2v) is 4.51. The van der Waals surface area contributed by atoms with Gasteiger partial charge in [-0.3, -0.25) is 14.7 Å². The van der Waals surface area contributed by atoms with Gasteiger partial charge in [0, 0.05) is 24.2 Å². The van der Waals surface area contributed by atoms with Crippen molar-refractivity contribution in [1.29, 1.82) is 0 Å². The molecule has 0 aliphatic rings. The Bertz CT molecular complexity index is 300. The molecule has 0 aromatic carbocycles. The van der Waals surface area contributed by atoms with Crippen LogP contribution in [0.3, 0.4) is 0 Å². The minimum absolute atomic E-state index is 0.321. The van der Waals surface area contributed by atoms with Crippen LogP contribution in [0, 0.1) is 5.92 Å². The van der Waals surface area contributed by atoms with Gasteiger partial charge in [0.15, 0.2) is 0 Å². The number of rotatable bonds is 6. The first-order valence-corrected chi connectivity index (χ1v) is 5.84. The maximum Gasteiger partial charge on any atom is 0.307 e. The molecule has 5 heteroatoms. The van der Waals surface area contributed by atoms with Crippen molar-refractivity contribution >= 4 is 17.3 Å². The molecule has 84 valence electrons. The molecular formula is C10H16N2O2S. The standard InChI is InChI=1S/C10H16N2O2S/c1-3-12(5-8(2)10(13)14)6-9-4-11-7-15-9/h4,7-8H,3,5-6H2,1-2H3,(H,13,14). The van der Waals surface area contributed by atoms with Gasteiger partial charge in [-0.15, -0.1) is 11.3 Å². The highest BCUT2D eigenvalue weighted by Gasteiger charge is 2.15. The van der Waals surface area contributed by atoms with Gasteiger partial charge >= 0.3 is 5.97 Å². The van der Waals surface area contributed by atoms with Crippen molar-refractivity contribution in [1.82, 2.24) is 9.88 Å². The molecule has 0 bridgehead atoms. The smallest absolute Gasteiger partial charge is 0.307 e. The fourth-order valence-corrected chi connectivity index (χ4v) is 1.95. The lowest BCUT2D eigenvalue weighted by molar-refractivity contribution is -0.141. The topological polar surface area (TPSA) is 53.4 Å². The highest BCUT2D eigenvalue weighted by Crippen LogP contribution is 2.11. The summed E-state index contributed by atoms with van der Waals surface area (Å²) < 4.78 is 0. The predicted octanol–water partition coefficient (Wildman–Crippen LogP) is 1.69. The Hall–Kier alpha value is -0.940. The van der Waals surface area contributed by atoms with Crippen LogP contribution >= 0.6 is 11.3 Å². The van der Waals surface area contributed by atoms with E-state index in [-0.39, 0.29) is 5.92 Å². The van der Waals surface area contributed by atoms with Crippen molar-refractivity contribution < 1.29 is 9.90 Å². The van der Waals surface area contributed by atoms with E-state index >= 15 is 0 Å². The van der Waals surface area contributed by atoms with Crippen molar-refractivity contribution in [2.75, 3.05) is 13.1 Å². The van der Waals surface area contributed by atoms with Gasteiger partial charge in [0.25, 0.3) is 0 Å². The number of carboxylic acid groups (broad SMARTS) is 1. The molecular weight excluding hydrogens is 212 g/mol. The van der Waals surface area contributed by atoms with Crippen LogP contribution in [0.25, 0.3) is 0 Å². The van der Waals surface area contributed by atoms with E-state index in [1.807, 2.05) is 13.1 Å². The van der Waals surface area contributed by atoms with Crippen LogP contribution in [-0.2, 0) is 11.3 Å². The minimum Gasteiger partial charge on any atom is -0.481 e. The predicted molar refractivity (Wildman–Crippen MR) is 59.9 cm³/mol.